The maximum Gasteiger partial charge on any atom is 0.407 e. The van der Waals surface area contributed by atoms with Gasteiger partial charge in [0.1, 0.15) is 4.99 Å². The highest BCUT2D eigenvalue weighted by Crippen LogP contribution is 2.27. The largest absolute Gasteiger partial charge is 0.453 e. The Labute approximate surface area is 128 Å². The van der Waals surface area contributed by atoms with E-state index in [4.69, 9.17) is 29.6 Å². The van der Waals surface area contributed by atoms with Crippen LogP contribution in [0.3, 0.4) is 0 Å². The summed E-state index contributed by atoms with van der Waals surface area (Å²) >= 11 is 11.0. The molecule has 1 amide bonds. The lowest BCUT2D eigenvalue weighted by Gasteiger charge is -2.22. The second-order valence-electron chi connectivity index (χ2n) is 4.59. The molecule has 5 nitrogen and oxygen atoms in total. The Balaban J connectivity index is 2.14. The second-order valence-corrected chi connectivity index (χ2v) is 5.47. The van der Waals surface area contributed by atoms with Gasteiger partial charge >= 0.3 is 6.09 Å². The van der Waals surface area contributed by atoms with Crippen LogP contribution in [0.4, 0.5) is 10.5 Å². The molecule has 1 aliphatic rings. The van der Waals surface area contributed by atoms with Crippen molar-refractivity contribution in [1.82, 2.24) is 5.32 Å². The van der Waals surface area contributed by atoms with Crippen molar-refractivity contribution in [3.05, 3.63) is 28.8 Å². The number of thiocarbonyl (C=S) groups is 1. The fraction of sp³-hybridized carbons (Fsp3) is 0.385. The molecule has 1 heterocycles. The second kappa shape index (κ2) is 6.28. The number of nitrogens with two attached hydrogens (primary N) is 1. The number of carbonyl (C=O) groups excluding carboxylic acids is 1. The first-order chi connectivity index (χ1) is 9.51. The first kappa shape index (κ1) is 14.9. The number of alkyl carbamates (subject to hydrolysis) is 1. The molecule has 3 N–H and O–H groups in total. The zero-order chi connectivity index (χ0) is 14.7. The van der Waals surface area contributed by atoms with Crippen LogP contribution in [0.5, 0.6) is 0 Å². The van der Waals surface area contributed by atoms with Gasteiger partial charge in [0, 0.05) is 29.4 Å². The molecule has 7 heteroatoms. The molecule has 1 aromatic carbocycles. The quantitative estimate of drug-likeness (QED) is 0.834. The van der Waals surface area contributed by atoms with Crippen LogP contribution in [-0.2, 0) is 4.74 Å². The number of nitrogens with one attached hydrogen (secondary N) is 1. The number of ether oxygens (including phenoxy) is 1. The predicted octanol–water partition coefficient (Wildman–Crippen LogP) is 1.91. The summed E-state index contributed by atoms with van der Waals surface area (Å²) in [4.78, 5) is 13.7. The van der Waals surface area contributed by atoms with Crippen molar-refractivity contribution in [3.63, 3.8) is 0 Å². The minimum absolute atomic E-state index is 0.0531. The highest BCUT2D eigenvalue weighted by atomic mass is 35.5. The van der Waals surface area contributed by atoms with Crippen LogP contribution in [-0.4, -0.2) is 37.3 Å². The van der Waals surface area contributed by atoms with E-state index in [1.54, 1.807) is 12.1 Å². The summed E-state index contributed by atoms with van der Waals surface area (Å²) in [6, 6.07) is 5.52. The van der Waals surface area contributed by atoms with E-state index < -0.39 is 6.09 Å². The third-order valence-electron chi connectivity index (χ3n) is 3.26. The van der Waals surface area contributed by atoms with E-state index in [2.05, 4.69) is 15.0 Å². The summed E-state index contributed by atoms with van der Waals surface area (Å²) in [5, 5.41) is 3.39. The van der Waals surface area contributed by atoms with Gasteiger partial charge in [-0.2, -0.15) is 0 Å². The topological polar surface area (TPSA) is 67.6 Å². The van der Waals surface area contributed by atoms with Crippen LogP contribution in [0.1, 0.15) is 12.0 Å². The lowest BCUT2D eigenvalue weighted by atomic mass is 10.1. The number of hydrogen-bond donors (Lipinski definition) is 2. The van der Waals surface area contributed by atoms with E-state index in [-0.39, 0.29) is 6.04 Å². The number of halogens is 1. The monoisotopic (exact) mass is 313 g/mol. The maximum absolute atomic E-state index is 11.2. The van der Waals surface area contributed by atoms with Gasteiger partial charge in [-0.25, -0.2) is 4.79 Å². The van der Waals surface area contributed by atoms with E-state index >= 15 is 0 Å². The minimum atomic E-state index is -0.414. The predicted molar refractivity (Wildman–Crippen MR) is 83.5 cm³/mol. The van der Waals surface area contributed by atoms with Crippen molar-refractivity contribution in [1.29, 1.82) is 0 Å². The summed E-state index contributed by atoms with van der Waals surface area (Å²) in [6.07, 6.45) is 0.427. The van der Waals surface area contributed by atoms with E-state index in [0.717, 1.165) is 24.2 Å². The van der Waals surface area contributed by atoms with Gasteiger partial charge in [0.25, 0.3) is 0 Å². The van der Waals surface area contributed by atoms with Crippen LogP contribution in [0.25, 0.3) is 0 Å². The number of rotatable bonds is 3. The number of nitrogens with zero attached hydrogens (tertiary/aromatic N) is 1. The van der Waals surface area contributed by atoms with Crippen molar-refractivity contribution in [2.75, 3.05) is 25.1 Å². The van der Waals surface area contributed by atoms with Crippen LogP contribution in [0.2, 0.25) is 5.02 Å². The van der Waals surface area contributed by atoms with Crippen molar-refractivity contribution in [2.45, 2.75) is 12.5 Å². The maximum atomic E-state index is 11.2. The Bertz CT molecular complexity index is 538. The van der Waals surface area contributed by atoms with Gasteiger partial charge in [-0.15, -0.1) is 0 Å². The molecular formula is C13H16ClN3O2S. The van der Waals surface area contributed by atoms with Crippen molar-refractivity contribution in [2.24, 2.45) is 5.73 Å². The number of anilines is 1. The van der Waals surface area contributed by atoms with Crippen molar-refractivity contribution in [3.8, 4) is 0 Å². The number of methoxy groups -OCH3 is 1. The molecule has 1 aliphatic heterocycles. The Morgan fingerprint density at radius 1 is 1.60 bits per heavy atom. The third kappa shape index (κ3) is 3.32. The number of carbonyl (C=O) groups is 1. The Kier molecular flexibility index (Phi) is 4.67. The molecule has 0 aromatic heterocycles. The molecule has 1 saturated heterocycles. The summed E-state index contributed by atoms with van der Waals surface area (Å²) in [6.45, 7) is 1.50. The van der Waals surface area contributed by atoms with Gasteiger partial charge in [-0.05, 0) is 24.6 Å². The molecule has 108 valence electrons. The normalized spacial score (nSPS) is 17.9. The van der Waals surface area contributed by atoms with Crippen molar-refractivity contribution < 1.29 is 9.53 Å². The smallest absolute Gasteiger partial charge is 0.407 e. The minimum Gasteiger partial charge on any atom is -0.453 e. The molecular weight excluding hydrogens is 298 g/mol. The van der Waals surface area contributed by atoms with Crippen LogP contribution in [0, 0.1) is 0 Å². The lowest BCUT2D eigenvalue weighted by Crippen LogP contribution is -2.37. The first-order valence-corrected chi connectivity index (χ1v) is 6.98. The van der Waals surface area contributed by atoms with Crippen LogP contribution < -0.4 is 16.0 Å². The average Bonchev–Trinajstić information content (AvgIpc) is 2.86. The number of amides is 1. The third-order valence-corrected chi connectivity index (χ3v) is 3.72. The fourth-order valence-corrected chi connectivity index (χ4v) is 2.64. The molecule has 0 radical (unpaired) electrons. The van der Waals surface area contributed by atoms with E-state index in [0.29, 0.717) is 16.6 Å². The molecule has 1 fully saturated rings. The average molecular weight is 314 g/mol. The van der Waals surface area contributed by atoms with E-state index in [1.165, 1.54) is 7.11 Å². The molecule has 0 saturated carbocycles. The zero-order valence-corrected chi connectivity index (χ0v) is 12.6. The molecule has 1 unspecified atom stereocenters. The van der Waals surface area contributed by atoms with Crippen LogP contribution >= 0.6 is 23.8 Å². The number of hydrogen-bond acceptors (Lipinski definition) is 4. The SMILES string of the molecule is COC(=O)NC1CCN(c2ccc(Cl)cc2C(N)=S)C1. The van der Waals surface area contributed by atoms with E-state index in [9.17, 15) is 4.79 Å². The molecule has 20 heavy (non-hydrogen) atoms. The molecule has 0 bridgehead atoms. The van der Waals surface area contributed by atoms with E-state index in [1.807, 2.05) is 6.07 Å². The summed E-state index contributed by atoms with van der Waals surface area (Å²) in [5.74, 6) is 0. The van der Waals surface area contributed by atoms with Gasteiger partial charge in [0.2, 0.25) is 0 Å². The molecule has 0 spiro atoms. The van der Waals surface area contributed by atoms with Gasteiger partial charge in [-0.1, -0.05) is 23.8 Å². The van der Waals surface area contributed by atoms with Gasteiger partial charge in [0.05, 0.1) is 13.2 Å². The zero-order valence-electron chi connectivity index (χ0n) is 11.1. The summed E-state index contributed by atoms with van der Waals surface area (Å²) < 4.78 is 4.60. The first-order valence-electron chi connectivity index (χ1n) is 6.20. The Morgan fingerprint density at radius 2 is 2.35 bits per heavy atom. The highest BCUT2D eigenvalue weighted by Gasteiger charge is 2.26. The molecule has 1 aromatic rings. The number of benzene rings is 1. The molecule has 1 atom stereocenters. The lowest BCUT2D eigenvalue weighted by molar-refractivity contribution is 0.167. The molecule has 2 rings (SSSR count). The van der Waals surface area contributed by atoms with Crippen LogP contribution in [0.15, 0.2) is 18.2 Å². The molecule has 0 aliphatic carbocycles. The Hall–Kier alpha value is -1.53. The highest BCUT2D eigenvalue weighted by molar-refractivity contribution is 7.80. The summed E-state index contributed by atoms with van der Waals surface area (Å²) in [5.41, 5.74) is 7.44. The standard InChI is InChI=1S/C13H16ClN3O2S/c1-19-13(18)16-9-4-5-17(7-9)11-3-2-8(14)6-10(11)12(15)20/h2-3,6,9H,4-5,7H2,1H3,(H2,15,20)(H,16,18). The summed E-state index contributed by atoms with van der Waals surface area (Å²) in [7, 11) is 1.35. The van der Waals surface area contributed by atoms with Gasteiger partial charge in [0.15, 0.2) is 0 Å². The van der Waals surface area contributed by atoms with Gasteiger partial charge in [-0.3, -0.25) is 0 Å². The Morgan fingerprint density at radius 3 is 3.00 bits per heavy atom. The van der Waals surface area contributed by atoms with Gasteiger partial charge < -0.3 is 20.7 Å². The fourth-order valence-electron chi connectivity index (χ4n) is 2.30. The van der Waals surface area contributed by atoms with Crippen molar-refractivity contribution >= 4 is 40.6 Å².